The van der Waals surface area contributed by atoms with Crippen LogP contribution in [-0.2, 0) is 13.0 Å². The Balaban J connectivity index is 1.72. The number of rotatable bonds is 9. The highest BCUT2D eigenvalue weighted by molar-refractivity contribution is 5.92. The predicted molar refractivity (Wildman–Crippen MR) is 128 cm³/mol. The molecule has 0 aliphatic carbocycles. The van der Waals surface area contributed by atoms with Gasteiger partial charge in [-0.3, -0.25) is 0 Å². The number of methoxy groups -OCH3 is 2. The first kappa shape index (κ1) is 22.8. The molecule has 0 fully saturated rings. The lowest BCUT2D eigenvalue weighted by atomic mass is 10.1. The van der Waals surface area contributed by atoms with Crippen LogP contribution in [-0.4, -0.2) is 33.8 Å². The largest absolute Gasteiger partial charge is 0.497 e. The van der Waals surface area contributed by atoms with Crippen molar-refractivity contribution in [2.45, 2.75) is 46.6 Å². The van der Waals surface area contributed by atoms with E-state index in [9.17, 15) is 4.39 Å². The molecule has 0 saturated heterocycles. The lowest BCUT2D eigenvalue weighted by molar-refractivity contribution is 0.391. The van der Waals surface area contributed by atoms with Gasteiger partial charge in [0.25, 0.3) is 0 Å². The molecular formula is C25H30FN5O2. The van der Waals surface area contributed by atoms with Crippen LogP contribution in [0.3, 0.4) is 0 Å². The van der Waals surface area contributed by atoms with Crippen molar-refractivity contribution < 1.29 is 13.9 Å². The molecule has 0 saturated carbocycles. The molecule has 0 bridgehead atoms. The maximum Gasteiger partial charge on any atom is 0.226 e. The standard InChI is InChI=1S/C25H30FN5O2/c1-15(2)7-6-8-23-29-24-19-13-20(26)16(3)11-21(19)28-25(31(24)30-23)27-14-17-9-10-18(32-4)12-22(17)33-5/h9-13,15H,6-8,14H2,1-5H3,(H,27,28). The van der Waals surface area contributed by atoms with E-state index in [1.165, 1.54) is 6.07 Å². The van der Waals surface area contributed by atoms with Crippen molar-refractivity contribution in [2.75, 3.05) is 19.5 Å². The molecular weight excluding hydrogens is 421 g/mol. The Labute approximate surface area is 193 Å². The summed E-state index contributed by atoms with van der Waals surface area (Å²) in [5.74, 6) is 3.06. The Bertz CT molecular complexity index is 1290. The maximum atomic E-state index is 14.4. The fourth-order valence-electron chi connectivity index (χ4n) is 3.84. The normalized spacial score (nSPS) is 11.5. The molecule has 2 aromatic carbocycles. The van der Waals surface area contributed by atoms with Gasteiger partial charge in [-0.25, -0.2) is 14.4 Å². The van der Waals surface area contributed by atoms with Crippen LogP contribution in [0.4, 0.5) is 10.3 Å². The predicted octanol–water partition coefficient (Wildman–Crippen LogP) is 5.33. The molecule has 0 radical (unpaired) electrons. The van der Waals surface area contributed by atoms with Crippen molar-refractivity contribution in [3.63, 3.8) is 0 Å². The number of hydrogen-bond donors (Lipinski definition) is 1. The van der Waals surface area contributed by atoms with E-state index in [1.807, 2.05) is 18.2 Å². The zero-order valence-corrected chi connectivity index (χ0v) is 19.8. The van der Waals surface area contributed by atoms with Crippen molar-refractivity contribution >= 4 is 22.5 Å². The average Bonchev–Trinajstić information content (AvgIpc) is 3.22. The summed E-state index contributed by atoms with van der Waals surface area (Å²) < 4.78 is 26.8. The van der Waals surface area contributed by atoms with Crippen LogP contribution in [0.15, 0.2) is 30.3 Å². The highest BCUT2D eigenvalue weighted by Crippen LogP contribution is 2.27. The first-order valence-corrected chi connectivity index (χ1v) is 11.2. The first-order chi connectivity index (χ1) is 15.9. The average molecular weight is 452 g/mol. The fraction of sp³-hybridized carbons (Fsp3) is 0.400. The van der Waals surface area contributed by atoms with E-state index < -0.39 is 0 Å². The summed E-state index contributed by atoms with van der Waals surface area (Å²) >= 11 is 0. The Hall–Kier alpha value is -3.42. The Morgan fingerprint density at radius 3 is 2.64 bits per heavy atom. The molecule has 0 amide bonds. The van der Waals surface area contributed by atoms with E-state index in [4.69, 9.17) is 24.5 Å². The number of hydrogen-bond acceptors (Lipinski definition) is 6. The third-order valence-corrected chi connectivity index (χ3v) is 5.71. The number of aryl methyl sites for hydroxylation is 2. The van der Waals surface area contributed by atoms with Crippen LogP contribution >= 0.6 is 0 Å². The minimum Gasteiger partial charge on any atom is -0.497 e. The SMILES string of the molecule is COc1ccc(CNc2nc3cc(C)c(F)cc3c3nc(CCCC(C)C)nn23)c(OC)c1. The summed E-state index contributed by atoms with van der Waals surface area (Å²) in [5, 5.41) is 8.71. The van der Waals surface area contributed by atoms with Crippen molar-refractivity contribution in [1.82, 2.24) is 19.6 Å². The molecule has 174 valence electrons. The number of benzene rings is 2. The second-order valence-electron chi connectivity index (χ2n) is 8.63. The van der Waals surface area contributed by atoms with E-state index in [-0.39, 0.29) is 5.82 Å². The summed E-state index contributed by atoms with van der Waals surface area (Å²) in [6.07, 6.45) is 2.87. The molecule has 0 atom stereocenters. The Morgan fingerprint density at radius 1 is 1.09 bits per heavy atom. The van der Waals surface area contributed by atoms with Crippen LogP contribution in [0.25, 0.3) is 16.6 Å². The summed E-state index contributed by atoms with van der Waals surface area (Å²) in [4.78, 5) is 9.49. The summed E-state index contributed by atoms with van der Waals surface area (Å²) in [6, 6.07) is 8.92. The van der Waals surface area contributed by atoms with Crippen LogP contribution < -0.4 is 14.8 Å². The van der Waals surface area contributed by atoms with E-state index >= 15 is 0 Å². The van der Waals surface area contributed by atoms with E-state index in [1.54, 1.807) is 31.7 Å². The topological polar surface area (TPSA) is 73.6 Å². The minimum absolute atomic E-state index is 0.278. The molecule has 2 aromatic heterocycles. The number of aromatic nitrogens is 4. The second kappa shape index (κ2) is 9.60. The number of fused-ring (bicyclic) bond motifs is 3. The Morgan fingerprint density at radius 2 is 1.91 bits per heavy atom. The lowest BCUT2D eigenvalue weighted by Gasteiger charge is -2.13. The first-order valence-electron chi connectivity index (χ1n) is 11.2. The fourth-order valence-corrected chi connectivity index (χ4v) is 3.84. The van der Waals surface area contributed by atoms with Crippen LogP contribution in [0.1, 0.15) is 43.6 Å². The highest BCUT2D eigenvalue weighted by Gasteiger charge is 2.16. The number of ether oxygens (including phenoxy) is 2. The number of anilines is 1. The molecule has 33 heavy (non-hydrogen) atoms. The third kappa shape index (κ3) is 4.84. The summed E-state index contributed by atoms with van der Waals surface area (Å²) in [7, 11) is 3.25. The van der Waals surface area contributed by atoms with Gasteiger partial charge >= 0.3 is 0 Å². The zero-order chi connectivity index (χ0) is 23.5. The van der Waals surface area contributed by atoms with Crippen molar-refractivity contribution in [3.8, 4) is 11.5 Å². The Kier molecular flexibility index (Phi) is 6.62. The maximum absolute atomic E-state index is 14.4. The molecule has 0 aliphatic heterocycles. The van der Waals surface area contributed by atoms with Gasteiger partial charge in [-0.2, -0.15) is 4.52 Å². The molecule has 2 heterocycles. The van der Waals surface area contributed by atoms with Crippen LogP contribution in [0.5, 0.6) is 11.5 Å². The zero-order valence-electron chi connectivity index (χ0n) is 19.8. The smallest absolute Gasteiger partial charge is 0.226 e. The lowest BCUT2D eigenvalue weighted by Crippen LogP contribution is -2.09. The van der Waals surface area contributed by atoms with Gasteiger partial charge in [-0.05, 0) is 49.1 Å². The molecule has 8 heteroatoms. The molecule has 0 spiro atoms. The monoisotopic (exact) mass is 451 g/mol. The van der Waals surface area contributed by atoms with E-state index in [0.717, 1.165) is 36.4 Å². The number of nitrogens with zero attached hydrogens (tertiary/aromatic N) is 4. The third-order valence-electron chi connectivity index (χ3n) is 5.71. The molecule has 7 nitrogen and oxygen atoms in total. The van der Waals surface area contributed by atoms with Crippen molar-refractivity contribution in [3.05, 3.63) is 53.1 Å². The van der Waals surface area contributed by atoms with E-state index in [0.29, 0.717) is 46.3 Å². The molecule has 4 rings (SSSR count). The van der Waals surface area contributed by atoms with Crippen molar-refractivity contribution in [2.24, 2.45) is 5.92 Å². The molecule has 0 unspecified atom stereocenters. The van der Waals surface area contributed by atoms with Gasteiger partial charge in [-0.15, -0.1) is 5.10 Å². The van der Waals surface area contributed by atoms with Gasteiger partial charge in [-0.1, -0.05) is 20.3 Å². The second-order valence-corrected chi connectivity index (χ2v) is 8.63. The van der Waals surface area contributed by atoms with Gasteiger partial charge in [0, 0.05) is 30.0 Å². The highest BCUT2D eigenvalue weighted by atomic mass is 19.1. The van der Waals surface area contributed by atoms with Gasteiger partial charge in [0.05, 0.1) is 19.7 Å². The van der Waals surface area contributed by atoms with Crippen LogP contribution in [0, 0.1) is 18.7 Å². The quantitative estimate of drug-likeness (QED) is 0.371. The van der Waals surface area contributed by atoms with Crippen molar-refractivity contribution in [1.29, 1.82) is 0 Å². The molecule has 1 N–H and O–H groups in total. The van der Waals surface area contributed by atoms with Gasteiger partial charge in [0.15, 0.2) is 11.5 Å². The van der Waals surface area contributed by atoms with Gasteiger partial charge < -0.3 is 14.8 Å². The molecule has 4 aromatic rings. The van der Waals surface area contributed by atoms with Crippen LogP contribution in [0.2, 0.25) is 0 Å². The summed E-state index contributed by atoms with van der Waals surface area (Å²) in [5.41, 5.74) is 2.76. The van der Waals surface area contributed by atoms with E-state index in [2.05, 4.69) is 19.2 Å². The molecule has 0 aliphatic rings. The van der Waals surface area contributed by atoms with Gasteiger partial charge in [0.2, 0.25) is 5.95 Å². The van der Waals surface area contributed by atoms with Gasteiger partial charge in [0.1, 0.15) is 17.3 Å². The number of halogens is 1. The summed E-state index contributed by atoms with van der Waals surface area (Å²) in [6.45, 7) is 6.60. The number of nitrogens with one attached hydrogen (secondary N) is 1. The minimum atomic E-state index is -0.278.